The van der Waals surface area contributed by atoms with E-state index in [9.17, 15) is 0 Å². The van der Waals surface area contributed by atoms with E-state index in [1.807, 2.05) is 19.1 Å². The average Bonchev–Trinajstić information content (AvgIpc) is 1.56. The third-order valence-corrected chi connectivity index (χ3v) is 17.8. The minimum atomic E-state index is 0.746. The lowest BCUT2D eigenvalue weighted by atomic mass is 10.00. The molecule has 0 fully saturated rings. The molecule has 0 atom stereocenters. The molecule has 0 unspecified atom stereocenters. The normalized spacial score (nSPS) is 12.3. The van der Waals surface area contributed by atoms with Crippen LogP contribution in [0.5, 0.6) is 0 Å². The van der Waals surface area contributed by atoms with Gasteiger partial charge in [0.25, 0.3) is 0 Å². The van der Waals surface area contributed by atoms with Crippen molar-refractivity contribution < 1.29 is 8.83 Å². The monoisotopic (exact) mass is 1090 g/mol. The summed E-state index contributed by atoms with van der Waals surface area (Å²) < 4.78 is 18.8. The first-order chi connectivity index (χ1) is 42.1. The second-order valence-corrected chi connectivity index (χ2v) is 22.3. The largest absolute Gasteiger partial charge is 0.454 e. The van der Waals surface area contributed by atoms with E-state index < -0.39 is 0 Å². The SMILES string of the molecule is C=Cc1oc2c(N(c3cccc(-c4ccccc4)c3)c3cccc4c3c3cccc5c6cc7c(cc6n4c53)c3cccc4c5c(N(c6ccccc6-c6ccccc6)c6cccc8c6oc6ccccc68)cccc5n7c34)cccc2c1/C=C\C. The van der Waals surface area contributed by atoms with Gasteiger partial charge in [-0.2, -0.15) is 0 Å². The van der Waals surface area contributed by atoms with Gasteiger partial charge in [0.15, 0.2) is 11.2 Å². The lowest BCUT2D eigenvalue weighted by molar-refractivity contribution is 0.604. The van der Waals surface area contributed by atoms with Crippen LogP contribution in [0, 0.1) is 0 Å². The van der Waals surface area contributed by atoms with Crippen LogP contribution in [0.2, 0.25) is 0 Å². The lowest BCUT2D eigenvalue weighted by Crippen LogP contribution is -2.12. The van der Waals surface area contributed by atoms with Crippen LogP contribution in [0.4, 0.5) is 34.1 Å². The van der Waals surface area contributed by atoms with Gasteiger partial charge in [0, 0.05) is 76.1 Å². The summed E-state index contributed by atoms with van der Waals surface area (Å²) in [5.74, 6) is 0.746. The van der Waals surface area contributed by atoms with Crippen molar-refractivity contribution in [1.29, 1.82) is 0 Å². The average molecular weight is 1090 g/mol. The Morgan fingerprint density at radius 2 is 0.859 bits per heavy atom. The molecule has 0 aliphatic rings. The predicted octanol–water partition coefficient (Wildman–Crippen LogP) is 22.6. The number of aromatic nitrogens is 2. The number of furan rings is 2. The molecule has 6 heterocycles. The number of nitrogens with zero attached hydrogens (tertiary/aromatic N) is 4. The van der Waals surface area contributed by atoms with Crippen LogP contribution in [-0.2, 0) is 0 Å². The van der Waals surface area contributed by atoms with Crippen molar-refractivity contribution in [1.82, 2.24) is 8.80 Å². The van der Waals surface area contributed by atoms with E-state index in [1.165, 1.54) is 65.2 Å². The zero-order valence-electron chi connectivity index (χ0n) is 46.3. The first-order valence-electron chi connectivity index (χ1n) is 29.1. The Bertz CT molecular complexity index is 5780. The molecule has 0 radical (unpaired) electrons. The van der Waals surface area contributed by atoms with E-state index in [2.05, 4.69) is 286 Å². The van der Waals surface area contributed by atoms with Gasteiger partial charge in [0.05, 0.1) is 61.5 Å². The van der Waals surface area contributed by atoms with Crippen LogP contribution in [-0.4, -0.2) is 8.80 Å². The maximum absolute atomic E-state index is 6.90. The molecule has 0 aliphatic carbocycles. The molecule has 0 saturated carbocycles. The number of allylic oxidation sites excluding steroid dienone is 1. The van der Waals surface area contributed by atoms with Crippen LogP contribution in [0.1, 0.15) is 18.2 Å². The van der Waals surface area contributed by atoms with Gasteiger partial charge >= 0.3 is 0 Å². The van der Waals surface area contributed by atoms with Crippen LogP contribution in [0.3, 0.4) is 0 Å². The van der Waals surface area contributed by atoms with Crippen molar-refractivity contribution >= 4 is 155 Å². The van der Waals surface area contributed by atoms with Gasteiger partial charge in [-0.05, 0) is 102 Å². The van der Waals surface area contributed by atoms with Crippen molar-refractivity contribution in [3.8, 4) is 22.3 Å². The second-order valence-electron chi connectivity index (χ2n) is 22.3. The fourth-order valence-corrected chi connectivity index (χ4v) is 14.4. The van der Waals surface area contributed by atoms with Crippen molar-refractivity contribution in [2.45, 2.75) is 6.92 Å². The van der Waals surface area contributed by atoms with E-state index in [0.717, 1.165) is 112 Å². The Balaban J connectivity index is 0.884. The number of hydrogen-bond donors (Lipinski definition) is 0. The Labute approximate surface area is 488 Å². The fraction of sp³-hybridized carbons (Fsp3) is 0.0127. The zero-order valence-corrected chi connectivity index (χ0v) is 46.3. The second kappa shape index (κ2) is 18.1. The third-order valence-electron chi connectivity index (χ3n) is 17.8. The van der Waals surface area contributed by atoms with E-state index in [1.54, 1.807) is 0 Å². The number of anilines is 6. The van der Waals surface area contributed by atoms with Crippen LogP contribution >= 0.6 is 0 Å². The summed E-state index contributed by atoms with van der Waals surface area (Å²) in [4.78, 5) is 4.85. The molecule has 6 nitrogen and oxygen atoms in total. The molecule has 12 aromatic carbocycles. The maximum atomic E-state index is 6.90. The molecular weight excluding hydrogens is 1040 g/mol. The summed E-state index contributed by atoms with van der Waals surface area (Å²) in [6.45, 7) is 6.22. The molecular formula is C79H50N4O2. The molecule has 85 heavy (non-hydrogen) atoms. The summed E-state index contributed by atoms with van der Waals surface area (Å²) in [6, 6.07) is 92.7. The van der Waals surface area contributed by atoms with Gasteiger partial charge in [0.2, 0.25) is 0 Å². The summed E-state index contributed by atoms with van der Waals surface area (Å²) in [7, 11) is 0. The summed E-state index contributed by atoms with van der Waals surface area (Å²) in [5, 5.41) is 12.8. The molecule has 18 aromatic rings. The fourth-order valence-electron chi connectivity index (χ4n) is 14.4. The summed E-state index contributed by atoms with van der Waals surface area (Å²) in [6.07, 6.45) is 6.00. The smallest absolute Gasteiger partial charge is 0.159 e. The molecule has 0 amide bonds. The highest BCUT2D eigenvalue weighted by Gasteiger charge is 2.30. The van der Waals surface area contributed by atoms with Crippen LogP contribution < -0.4 is 9.80 Å². The van der Waals surface area contributed by atoms with Crippen molar-refractivity contribution in [3.63, 3.8) is 0 Å². The van der Waals surface area contributed by atoms with Crippen LogP contribution in [0.25, 0.3) is 144 Å². The van der Waals surface area contributed by atoms with Gasteiger partial charge in [0.1, 0.15) is 11.3 Å². The summed E-state index contributed by atoms with van der Waals surface area (Å²) >= 11 is 0. The highest BCUT2D eigenvalue weighted by molar-refractivity contribution is 6.31. The Hall–Kier alpha value is -11.3. The highest BCUT2D eigenvalue weighted by atomic mass is 16.3. The highest BCUT2D eigenvalue weighted by Crippen LogP contribution is 2.53. The van der Waals surface area contributed by atoms with Crippen molar-refractivity contribution in [3.05, 3.63) is 279 Å². The Morgan fingerprint density at radius 3 is 1.54 bits per heavy atom. The number of benzene rings is 12. The number of hydrogen-bond acceptors (Lipinski definition) is 4. The quantitative estimate of drug-likeness (QED) is 0.137. The lowest BCUT2D eigenvalue weighted by Gasteiger charge is -2.28. The molecule has 0 spiro atoms. The predicted molar refractivity (Wildman–Crippen MR) is 358 cm³/mol. The molecule has 6 aromatic heterocycles. The van der Waals surface area contributed by atoms with E-state index >= 15 is 0 Å². The molecule has 398 valence electrons. The van der Waals surface area contributed by atoms with Crippen molar-refractivity contribution in [2.24, 2.45) is 0 Å². The Kier molecular flexibility index (Phi) is 10.1. The van der Waals surface area contributed by atoms with Gasteiger partial charge in [-0.1, -0.05) is 201 Å². The Morgan fingerprint density at radius 1 is 0.365 bits per heavy atom. The minimum Gasteiger partial charge on any atom is -0.454 e. The number of fused-ring (bicyclic) bond motifs is 16. The van der Waals surface area contributed by atoms with E-state index in [4.69, 9.17) is 8.83 Å². The van der Waals surface area contributed by atoms with Gasteiger partial charge in [-0.3, -0.25) is 0 Å². The van der Waals surface area contributed by atoms with E-state index in [0.29, 0.717) is 0 Å². The first-order valence-corrected chi connectivity index (χ1v) is 29.1. The molecule has 0 saturated heterocycles. The minimum absolute atomic E-state index is 0.746. The molecule has 18 rings (SSSR count). The summed E-state index contributed by atoms with van der Waals surface area (Å²) in [5.41, 5.74) is 21.3. The number of rotatable bonds is 10. The third kappa shape index (κ3) is 6.64. The topological polar surface area (TPSA) is 41.6 Å². The first kappa shape index (κ1) is 47.3. The van der Waals surface area contributed by atoms with Gasteiger partial charge < -0.3 is 27.4 Å². The molecule has 0 bridgehead atoms. The van der Waals surface area contributed by atoms with Crippen molar-refractivity contribution in [2.75, 3.05) is 9.80 Å². The number of para-hydroxylation sites is 6. The molecule has 0 N–H and O–H groups in total. The molecule has 6 heteroatoms. The van der Waals surface area contributed by atoms with Gasteiger partial charge in [-0.15, -0.1) is 0 Å². The van der Waals surface area contributed by atoms with Gasteiger partial charge in [-0.25, -0.2) is 0 Å². The zero-order chi connectivity index (χ0) is 56.0. The van der Waals surface area contributed by atoms with E-state index in [-0.39, 0.29) is 0 Å². The maximum Gasteiger partial charge on any atom is 0.159 e. The standard InChI is InChI=1S/C79H50N4O2/c1-3-22-53-57-33-18-42-68(78(57)84-72(53)4-2)80(51-28-15-27-50(45-51)48-23-7-5-8-24-48)64-38-20-40-66-74(64)59-35-16-31-55-61-47-71-62(46-70(61)82(66)76(55)59)56-32-17-36-60-75-65(39-21-41-67(75)83(71)77(56)60)81(63-37-13-11-29-52(63)49-25-9-6-10-26-49)69-43-19-34-58-54-30-12-14-44-73(54)85-79(58)69/h3-47H,2H2,1H3/b22-3-. The van der Waals surface area contributed by atoms with Crippen LogP contribution in [0.15, 0.2) is 276 Å². The molecule has 0 aliphatic heterocycles.